The third kappa shape index (κ3) is 12.7. The Bertz CT molecular complexity index is 10700. The standard InChI is InChI=1S/C51H34O.C51H34.C45H30O/c1-51(2)43-27-14-26-42(49(43)48-32-16-4-3-15-31(32)29-30-44(48)51)47-38-22-9-7-20-36(38)46(37-21-8-10-23-39(37)47)35-19-6-5-17-33(35)40-24-13-25-41-34-18-11-12-28-45(34)52-50(40)41;1-51(2)44-25-13-24-42(50(44)49-35-17-6-4-15-32(35)28-29-45(49)51)47-38-20-9-11-22-40(38)48(41-23-12-10-21-39(41)47)43-30-33-27-26-31-14-3-5-16-34(31)46(33)37-19-8-7-18-36(37)43;1-45(2)37-20-11-19-35(44(37)43-29-13-4-3-12-27(29)22-24-38(43)45)42-33-17-7-5-15-31(33)41(32-16-6-8-18-34(32)42)28-23-25-40-36(26-28)30-14-9-10-21-39(30)46-40/h3-30H,1-2H3;3-30H,1-2H3;3-26H,1-2H3. The molecule has 149 heavy (non-hydrogen) atoms. The van der Waals surface area contributed by atoms with Crippen molar-refractivity contribution >= 4 is 173 Å². The van der Waals surface area contributed by atoms with E-state index in [1.165, 1.54) is 263 Å². The van der Waals surface area contributed by atoms with E-state index in [0.29, 0.717) is 0 Å². The minimum absolute atomic E-state index is 0.0982. The van der Waals surface area contributed by atoms with Crippen LogP contribution in [0.15, 0.2) is 494 Å². The number of fused-ring (bicyclic) bond motifs is 32. The van der Waals surface area contributed by atoms with Crippen molar-refractivity contribution in [3.05, 3.63) is 519 Å². The van der Waals surface area contributed by atoms with Gasteiger partial charge in [-0.3, -0.25) is 0 Å². The maximum atomic E-state index is 6.60. The second kappa shape index (κ2) is 32.8. The lowest BCUT2D eigenvalue weighted by atomic mass is 9.80. The van der Waals surface area contributed by atoms with Gasteiger partial charge in [0.2, 0.25) is 0 Å². The molecule has 0 saturated carbocycles. The fraction of sp³-hybridized carbons (Fsp3) is 0.0612. The molecule has 2 heterocycles. The molecule has 32 rings (SSSR count). The third-order valence-corrected chi connectivity index (χ3v) is 33.9. The van der Waals surface area contributed by atoms with Crippen molar-refractivity contribution in [2.24, 2.45) is 0 Å². The third-order valence-electron chi connectivity index (χ3n) is 33.9. The molecule has 2 heteroatoms. The zero-order chi connectivity index (χ0) is 99.0. The second-order valence-corrected chi connectivity index (χ2v) is 42.7. The second-order valence-electron chi connectivity index (χ2n) is 42.7. The van der Waals surface area contributed by atoms with Crippen LogP contribution in [-0.2, 0) is 16.2 Å². The molecular formula is C147H98O2. The Kier molecular flexibility index (Phi) is 19.0. The molecule has 0 radical (unpaired) electrons. The first kappa shape index (κ1) is 86.2. The van der Waals surface area contributed by atoms with Gasteiger partial charge in [-0.2, -0.15) is 0 Å². The summed E-state index contributed by atoms with van der Waals surface area (Å²) >= 11 is 0. The zero-order valence-corrected chi connectivity index (χ0v) is 83.5. The van der Waals surface area contributed by atoms with Crippen LogP contribution in [0.1, 0.15) is 74.9 Å². The molecule has 0 unspecified atom stereocenters. The van der Waals surface area contributed by atoms with E-state index in [1.54, 1.807) is 0 Å². The van der Waals surface area contributed by atoms with Crippen LogP contribution in [0.4, 0.5) is 0 Å². The number of para-hydroxylation sites is 3. The molecule has 0 aliphatic heterocycles. The average molecular weight is 1900 g/mol. The summed E-state index contributed by atoms with van der Waals surface area (Å²) in [7, 11) is 0. The molecule has 3 aliphatic rings. The van der Waals surface area contributed by atoms with E-state index < -0.39 is 0 Å². The lowest BCUT2D eigenvalue weighted by Gasteiger charge is -2.23. The fourth-order valence-electron chi connectivity index (χ4n) is 27.3. The molecule has 0 saturated heterocycles. The first-order valence-corrected chi connectivity index (χ1v) is 52.3. The molecule has 0 spiro atoms. The van der Waals surface area contributed by atoms with E-state index in [0.717, 1.165) is 55.0 Å². The van der Waals surface area contributed by atoms with Gasteiger partial charge >= 0.3 is 0 Å². The minimum Gasteiger partial charge on any atom is -0.456 e. The van der Waals surface area contributed by atoms with Crippen molar-refractivity contribution in [3.63, 3.8) is 0 Å². The number of hydrogen-bond donors (Lipinski definition) is 0. The monoisotopic (exact) mass is 1890 g/mol. The molecule has 3 aliphatic carbocycles. The maximum Gasteiger partial charge on any atom is 0.143 e. The van der Waals surface area contributed by atoms with E-state index in [1.807, 2.05) is 12.1 Å². The normalized spacial score (nSPS) is 13.5. The van der Waals surface area contributed by atoms with E-state index in [4.69, 9.17) is 8.83 Å². The van der Waals surface area contributed by atoms with Crippen LogP contribution in [0, 0.1) is 0 Å². The van der Waals surface area contributed by atoms with Crippen LogP contribution in [0.25, 0.3) is 284 Å². The zero-order valence-electron chi connectivity index (χ0n) is 83.5. The molecule has 27 aromatic carbocycles. The van der Waals surface area contributed by atoms with E-state index in [2.05, 4.69) is 515 Å². The van der Waals surface area contributed by atoms with Gasteiger partial charge in [0, 0.05) is 43.4 Å². The highest BCUT2D eigenvalue weighted by molar-refractivity contribution is 6.32. The van der Waals surface area contributed by atoms with Gasteiger partial charge in [0.1, 0.15) is 22.3 Å². The van der Waals surface area contributed by atoms with Crippen molar-refractivity contribution < 1.29 is 8.83 Å². The predicted octanol–water partition coefficient (Wildman–Crippen LogP) is 41.3. The average Bonchev–Trinajstić information content (AvgIpc) is 1.57. The molecule has 0 fully saturated rings. The Hall–Kier alpha value is -18.3. The van der Waals surface area contributed by atoms with Gasteiger partial charge < -0.3 is 8.83 Å². The maximum absolute atomic E-state index is 6.60. The highest BCUT2D eigenvalue weighted by atomic mass is 16.3. The number of furan rings is 2. The largest absolute Gasteiger partial charge is 0.456 e. The van der Waals surface area contributed by atoms with E-state index >= 15 is 0 Å². The quantitative estimate of drug-likeness (QED) is 0.117. The Morgan fingerprint density at radius 1 is 0.134 bits per heavy atom. The lowest BCUT2D eigenvalue weighted by molar-refractivity contribution is 0.661. The van der Waals surface area contributed by atoms with Gasteiger partial charge in [-0.05, 0) is 299 Å². The van der Waals surface area contributed by atoms with Crippen LogP contribution < -0.4 is 0 Å². The van der Waals surface area contributed by atoms with Crippen LogP contribution >= 0.6 is 0 Å². The highest BCUT2D eigenvalue weighted by Gasteiger charge is 2.43. The van der Waals surface area contributed by atoms with Crippen LogP contribution in [-0.4, -0.2) is 0 Å². The van der Waals surface area contributed by atoms with Gasteiger partial charge in [-0.1, -0.05) is 497 Å². The van der Waals surface area contributed by atoms with Crippen molar-refractivity contribution in [2.75, 3.05) is 0 Å². The van der Waals surface area contributed by atoms with Crippen LogP contribution in [0.3, 0.4) is 0 Å². The summed E-state index contributed by atoms with van der Waals surface area (Å²) in [6.45, 7) is 14.3. The summed E-state index contributed by atoms with van der Waals surface area (Å²) in [4.78, 5) is 0. The van der Waals surface area contributed by atoms with Gasteiger partial charge in [0.05, 0.1) is 0 Å². The molecular weight excluding hydrogens is 1800 g/mol. The Morgan fingerprint density at radius 3 is 0.826 bits per heavy atom. The minimum atomic E-state index is -0.118. The van der Waals surface area contributed by atoms with E-state index in [9.17, 15) is 0 Å². The van der Waals surface area contributed by atoms with Gasteiger partial charge in [0.25, 0.3) is 0 Å². The predicted molar refractivity (Wildman–Crippen MR) is 635 cm³/mol. The molecule has 29 aromatic rings. The Balaban J connectivity index is 0.000000103. The molecule has 0 amide bonds. The molecule has 0 N–H and O–H groups in total. The smallest absolute Gasteiger partial charge is 0.143 e. The molecule has 2 aromatic heterocycles. The summed E-state index contributed by atoms with van der Waals surface area (Å²) in [5.74, 6) is 0. The first-order valence-electron chi connectivity index (χ1n) is 52.3. The first-order chi connectivity index (χ1) is 73.3. The molecule has 2 nitrogen and oxygen atoms in total. The fourth-order valence-corrected chi connectivity index (χ4v) is 27.3. The van der Waals surface area contributed by atoms with Gasteiger partial charge in [-0.25, -0.2) is 0 Å². The van der Waals surface area contributed by atoms with Gasteiger partial charge in [0.15, 0.2) is 0 Å². The summed E-state index contributed by atoms with van der Waals surface area (Å²) in [5.41, 5.74) is 37.6. The molecule has 0 atom stereocenters. The Labute approximate surface area is 863 Å². The number of rotatable bonds is 7. The number of benzene rings is 27. The van der Waals surface area contributed by atoms with Crippen LogP contribution in [0.5, 0.6) is 0 Å². The van der Waals surface area contributed by atoms with E-state index in [-0.39, 0.29) is 16.2 Å². The SMILES string of the molecule is CC1(C)c2cccc(-c3c4ccccc4c(-c4cc5ccc6ccccc6c5c5ccccc45)c4ccccc34)c2-c2c1ccc1ccccc21.CC1(C)c2cccc(-c3c4ccccc4c(-c4ccc5oc6ccccc6c5c4)c4ccccc34)c2-c2c1ccc1ccccc21.CC1(C)c2cccc(-c3c4ccccc4c(-c4ccccc4-c4cccc5c4oc4ccccc45)c4ccccc34)c2-c2c1ccc1ccccc21. The summed E-state index contributed by atoms with van der Waals surface area (Å²) in [6.07, 6.45) is 0. The van der Waals surface area contributed by atoms with Gasteiger partial charge in [-0.15, -0.1) is 0 Å². The summed E-state index contributed by atoms with van der Waals surface area (Å²) < 4.78 is 12.8. The topological polar surface area (TPSA) is 26.3 Å². The van der Waals surface area contributed by atoms with Crippen LogP contribution in [0.2, 0.25) is 0 Å². The van der Waals surface area contributed by atoms with Crippen molar-refractivity contribution in [1.29, 1.82) is 0 Å². The summed E-state index contributed by atoms with van der Waals surface area (Å²) in [6, 6.07) is 179. The molecule has 0 bridgehead atoms. The lowest BCUT2D eigenvalue weighted by Crippen LogP contribution is -2.14. The van der Waals surface area contributed by atoms with Crippen molar-refractivity contribution in [1.82, 2.24) is 0 Å². The number of hydrogen-bond acceptors (Lipinski definition) is 2. The molecule has 698 valence electrons. The Morgan fingerprint density at radius 2 is 0.403 bits per heavy atom. The summed E-state index contributed by atoms with van der Waals surface area (Å²) in [5, 5.41) is 35.4. The van der Waals surface area contributed by atoms with Crippen molar-refractivity contribution in [3.8, 4) is 111 Å². The van der Waals surface area contributed by atoms with Crippen molar-refractivity contribution in [2.45, 2.75) is 57.8 Å². The highest BCUT2D eigenvalue weighted by Crippen LogP contribution is 2.63.